The molecule has 3 rings (SSSR count). The van der Waals surface area contributed by atoms with Crippen molar-refractivity contribution in [2.24, 2.45) is 0 Å². The normalized spacial score (nSPS) is 10.6. The summed E-state index contributed by atoms with van der Waals surface area (Å²) in [5, 5.41) is 0. The van der Waals surface area contributed by atoms with Crippen LogP contribution >= 0.6 is 0 Å². The molecule has 0 radical (unpaired) electrons. The van der Waals surface area contributed by atoms with Crippen LogP contribution < -0.4 is 9.47 Å². The molecule has 0 saturated heterocycles. The van der Waals surface area contributed by atoms with Gasteiger partial charge in [-0.05, 0) is 0 Å². The number of fused-ring (bicyclic) bond motifs is 1. The van der Waals surface area contributed by atoms with Crippen LogP contribution in [-0.2, 0) is 0 Å². The molecule has 0 saturated carbocycles. The van der Waals surface area contributed by atoms with Gasteiger partial charge in [0.25, 0.3) is 0 Å². The summed E-state index contributed by atoms with van der Waals surface area (Å²) in [6.45, 7) is 0. The second-order valence-corrected chi connectivity index (χ2v) is 6.25. The van der Waals surface area contributed by atoms with Gasteiger partial charge in [-0.3, -0.25) is 0 Å². The number of ether oxygens (including phenoxy) is 2. The maximum absolute atomic E-state index is 5.31. The zero-order valence-electron chi connectivity index (χ0n) is 10.7. The number of hydrogen-bond donors (Lipinski definition) is 0. The monoisotopic (exact) mass is 319 g/mol. The number of rotatable bonds is 3. The molecule has 3 aromatic rings. The van der Waals surface area contributed by atoms with Crippen molar-refractivity contribution < 1.29 is 9.47 Å². The summed E-state index contributed by atoms with van der Waals surface area (Å²) in [7, 11) is 3.32. The summed E-state index contributed by atoms with van der Waals surface area (Å²) >= 11 is 0.244. The number of methoxy groups -OCH3 is 2. The van der Waals surface area contributed by atoms with Gasteiger partial charge in [-0.1, -0.05) is 0 Å². The quantitative estimate of drug-likeness (QED) is 0.696. The van der Waals surface area contributed by atoms with E-state index in [2.05, 4.69) is 18.2 Å². The Balaban J connectivity index is 2.14. The average Bonchev–Trinajstić information content (AvgIpc) is 2.90. The Bertz CT molecular complexity index is 666. The summed E-state index contributed by atoms with van der Waals surface area (Å²) < 4.78 is 13.1. The molecule has 0 unspecified atom stereocenters. The number of aromatic nitrogens is 1. The van der Waals surface area contributed by atoms with Crippen molar-refractivity contribution in [3.8, 4) is 21.6 Å². The fraction of sp³-hybridized carbons (Fsp3) is 0.133. The van der Waals surface area contributed by atoms with Crippen molar-refractivity contribution in [3.63, 3.8) is 0 Å². The topological polar surface area (TPSA) is 31.4 Å². The van der Waals surface area contributed by atoms with E-state index in [0.717, 1.165) is 27.1 Å². The Hall–Kier alpha value is -1.77. The summed E-state index contributed by atoms with van der Waals surface area (Å²) in [6, 6.07) is 14.2. The molecule has 3 nitrogen and oxygen atoms in total. The van der Waals surface area contributed by atoms with Crippen molar-refractivity contribution >= 4 is 24.3 Å². The van der Waals surface area contributed by atoms with Gasteiger partial charge in [0.05, 0.1) is 0 Å². The zero-order chi connectivity index (χ0) is 13.2. The fourth-order valence-corrected chi connectivity index (χ4v) is 3.93. The van der Waals surface area contributed by atoms with E-state index in [9.17, 15) is 0 Å². The Kier molecular flexibility index (Phi) is 3.28. The number of para-hydroxylation sites is 1. The van der Waals surface area contributed by atoms with Gasteiger partial charge in [0.2, 0.25) is 0 Å². The van der Waals surface area contributed by atoms with E-state index in [1.165, 1.54) is 4.26 Å². The van der Waals surface area contributed by atoms with Gasteiger partial charge in [-0.25, -0.2) is 0 Å². The van der Waals surface area contributed by atoms with E-state index >= 15 is 0 Å². The maximum atomic E-state index is 5.31. The van der Waals surface area contributed by atoms with Gasteiger partial charge in [-0.2, -0.15) is 0 Å². The van der Waals surface area contributed by atoms with Crippen LogP contribution in [0, 0.1) is 0 Å². The van der Waals surface area contributed by atoms with Crippen LogP contribution in [0.15, 0.2) is 42.5 Å². The molecular weight excluding hydrogens is 305 g/mol. The van der Waals surface area contributed by atoms with Crippen LogP contribution in [-0.4, -0.2) is 33.7 Å². The molecule has 1 aromatic heterocycles. The van der Waals surface area contributed by atoms with E-state index < -0.39 is 0 Å². The molecule has 0 aliphatic rings. The van der Waals surface area contributed by atoms with Gasteiger partial charge in [-0.15, -0.1) is 0 Å². The Morgan fingerprint density at radius 2 is 1.63 bits per heavy atom. The summed E-state index contributed by atoms with van der Waals surface area (Å²) in [4.78, 5) is 4.71. The van der Waals surface area contributed by atoms with Crippen molar-refractivity contribution in [2.45, 2.75) is 0 Å². The number of hydrogen-bond acceptors (Lipinski definition) is 3. The van der Waals surface area contributed by atoms with Crippen LogP contribution in [0.1, 0.15) is 0 Å². The molecule has 0 fully saturated rings. The minimum absolute atomic E-state index is 0.244. The Morgan fingerprint density at radius 1 is 0.947 bits per heavy atom. The second-order valence-electron chi connectivity index (χ2n) is 4.09. The molecule has 19 heavy (non-hydrogen) atoms. The SMILES string of the molecule is COc1cc(OC)cc(-c2nc3ccccc3[se]2)c1. The van der Waals surface area contributed by atoms with Gasteiger partial charge in [0, 0.05) is 0 Å². The molecule has 0 N–H and O–H groups in total. The third-order valence-electron chi connectivity index (χ3n) is 2.89. The van der Waals surface area contributed by atoms with E-state index in [1.54, 1.807) is 14.2 Å². The molecule has 96 valence electrons. The third-order valence-corrected chi connectivity index (χ3v) is 5.17. The van der Waals surface area contributed by atoms with Crippen molar-refractivity contribution in [1.82, 2.24) is 4.98 Å². The number of benzene rings is 2. The van der Waals surface area contributed by atoms with Gasteiger partial charge >= 0.3 is 117 Å². The summed E-state index contributed by atoms with van der Waals surface area (Å²) in [5.41, 5.74) is 2.16. The Labute approximate surface area is 117 Å². The average molecular weight is 318 g/mol. The van der Waals surface area contributed by atoms with Crippen LogP contribution in [0.3, 0.4) is 0 Å². The third kappa shape index (κ3) is 2.37. The van der Waals surface area contributed by atoms with Crippen molar-refractivity contribution in [3.05, 3.63) is 42.5 Å². The minimum atomic E-state index is 0.244. The van der Waals surface area contributed by atoms with Crippen molar-refractivity contribution in [1.29, 1.82) is 0 Å². The predicted molar refractivity (Wildman–Crippen MR) is 77.2 cm³/mol. The first-order valence-electron chi connectivity index (χ1n) is 5.89. The van der Waals surface area contributed by atoms with E-state index in [4.69, 9.17) is 14.5 Å². The first kappa shape index (κ1) is 12.3. The molecule has 0 bridgehead atoms. The van der Waals surface area contributed by atoms with Crippen LogP contribution in [0.2, 0.25) is 0 Å². The van der Waals surface area contributed by atoms with Gasteiger partial charge in [0.1, 0.15) is 0 Å². The fourth-order valence-electron chi connectivity index (χ4n) is 1.93. The van der Waals surface area contributed by atoms with Crippen LogP contribution in [0.5, 0.6) is 11.5 Å². The zero-order valence-corrected chi connectivity index (χ0v) is 12.4. The molecule has 0 aliphatic heterocycles. The van der Waals surface area contributed by atoms with Crippen LogP contribution in [0.4, 0.5) is 0 Å². The molecule has 0 spiro atoms. The van der Waals surface area contributed by atoms with E-state index in [1.807, 2.05) is 24.3 Å². The second kappa shape index (κ2) is 5.08. The molecule has 0 aliphatic carbocycles. The van der Waals surface area contributed by atoms with E-state index in [-0.39, 0.29) is 14.5 Å². The van der Waals surface area contributed by atoms with Gasteiger partial charge in [0.15, 0.2) is 0 Å². The predicted octanol–water partition coefficient (Wildman–Crippen LogP) is 2.98. The molecular formula is C15H13NO2Se. The summed E-state index contributed by atoms with van der Waals surface area (Å²) in [5.74, 6) is 1.59. The molecule has 0 amide bonds. The first-order valence-corrected chi connectivity index (χ1v) is 7.60. The molecule has 0 atom stereocenters. The Morgan fingerprint density at radius 3 is 2.26 bits per heavy atom. The van der Waals surface area contributed by atoms with Crippen LogP contribution in [0.25, 0.3) is 19.9 Å². The first-order chi connectivity index (χ1) is 9.30. The van der Waals surface area contributed by atoms with Crippen molar-refractivity contribution in [2.75, 3.05) is 14.2 Å². The van der Waals surface area contributed by atoms with E-state index in [0.29, 0.717) is 0 Å². The van der Waals surface area contributed by atoms with Gasteiger partial charge < -0.3 is 0 Å². The molecule has 4 heteroatoms. The standard InChI is InChI=1S/C15H13NO2Se/c1-17-11-7-10(8-12(9-11)18-2)15-16-13-5-3-4-6-14(13)19-15/h3-9H,1-2H3. The molecule has 1 heterocycles. The number of nitrogens with zero attached hydrogens (tertiary/aromatic N) is 1. The molecule has 2 aromatic carbocycles. The summed E-state index contributed by atoms with van der Waals surface area (Å²) in [6.07, 6.45) is 0.